The molecule has 1 fully saturated rings. The number of rotatable bonds is 5. The van der Waals surface area contributed by atoms with Gasteiger partial charge in [0.1, 0.15) is 0 Å². The van der Waals surface area contributed by atoms with Crippen molar-refractivity contribution in [3.63, 3.8) is 0 Å². The highest BCUT2D eigenvalue weighted by atomic mass is 19.2. The first-order valence-electron chi connectivity index (χ1n) is 8.74. The van der Waals surface area contributed by atoms with Gasteiger partial charge in [0.2, 0.25) is 5.91 Å². The van der Waals surface area contributed by atoms with Crippen LogP contribution in [0, 0.1) is 17.6 Å². The van der Waals surface area contributed by atoms with Gasteiger partial charge in [-0.05, 0) is 37.1 Å². The molecule has 6 heteroatoms. The van der Waals surface area contributed by atoms with Crippen LogP contribution in [0.15, 0.2) is 48.5 Å². The summed E-state index contributed by atoms with van der Waals surface area (Å²) in [5.41, 5.74) is 7.42. The summed E-state index contributed by atoms with van der Waals surface area (Å²) < 4.78 is 26.3. The van der Waals surface area contributed by atoms with Gasteiger partial charge in [0.05, 0.1) is 6.04 Å². The first kappa shape index (κ1) is 18.5. The molecule has 1 heterocycles. The number of hydrogen-bond donors (Lipinski definition) is 2. The second kappa shape index (κ2) is 7.93. The fourth-order valence-corrected chi connectivity index (χ4v) is 3.52. The molecule has 1 saturated heterocycles. The minimum absolute atomic E-state index is 0.245. The third kappa shape index (κ3) is 3.92. The first-order chi connectivity index (χ1) is 12.5. The summed E-state index contributed by atoms with van der Waals surface area (Å²) in [7, 11) is 0. The van der Waals surface area contributed by atoms with Gasteiger partial charge in [0, 0.05) is 30.8 Å². The summed E-state index contributed by atoms with van der Waals surface area (Å²) in [4.78, 5) is 14.6. The molecule has 0 aromatic heterocycles. The van der Waals surface area contributed by atoms with E-state index in [0.717, 1.165) is 25.2 Å². The van der Waals surface area contributed by atoms with Crippen LogP contribution in [-0.4, -0.2) is 36.5 Å². The summed E-state index contributed by atoms with van der Waals surface area (Å²) in [6.07, 6.45) is 0. The third-order valence-electron chi connectivity index (χ3n) is 5.11. The molecule has 1 unspecified atom stereocenters. The summed E-state index contributed by atoms with van der Waals surface area (Å²) >= 11 is 0. The van der Waals surface area contributed by atoms with Gasteiger partial charge in [-0.3, -0.25) is 9.69 Å². The van der Waals surface area contributed by atoms with Crippen LogP contribution in [0.5, 0.6) is 0 Å². The van der Waals surface area contributed by atoms with Crippen LogP contribution in [0.25, 0.3) is 0 Å². The maximum Gasteiger partial charge on any atom is 0.241 e. The number of halogens is 2. The number of nitrogens with zero attached hydrogens (tertiary/aromatic N) is 1. The molecule has 26 heavy (non-hydrogen) atoms. The number of nitrogens with two attached hydrogens (primary N) is 1. The Morgan fingerprint density at radius 2 is 1.92 bits per heavy atom. The molecule has 2 aromatic rings. The Bertz CT molecular complexity index is 769. The van der Waals surface area contributed by atoms with Crippen molar-refractivity contribution in [2.75, 3.05) is 25.0 Å². The molecule has 1 aliphatic rings. The molecular formula is C20H23F2N3O. The molecule has 138 valence electrons. The molecule has 0 spiro atoms. The van der Waals surface area contributed by atoms with E-state index in [0.29, 0.717) is 6.54 Å². The predicted molar refractivity (Wildman–Crippen MR) is 97.8 cm³/mol. The number of carbonyl (C=O) groups excluding carboxylic acids is 1. The van der Waals surface area contributed by atoms with Crippen molar-refractivity contribution in [2.24, 2.45) is 11.7 Å². The minimum atomic E-state index is -0.982. The summed E-state index contributed by atoms with van der Waals surface area (Å²) in [6, 6.07) is 13.1. The lowest BCUT2D eigenvalue weighted by atomic mass is 9.89. The zero-order valence-electron chi connectivity index (χ0n) is 14.7. The van der Waals surface area contributed by atoms with Gasteiger partial charge in [0.15, 0.2) is 11.6 Å². The zero-order chi connectivity index (χ0) is 18.7. The number of benzene rings is 2. The SMILES string of the molecule is CC(C(=O)Nc1ccc(F)c(F)c1)N1C[C@@H](CN)[C@H](c2ccccc2)C1. The first-order valence-corrected chi connectivity index (χ1v) is 8.74. The molecule has 1 amide bonds. The van der Waals surface area contributed by atoms with Crippen molar-refractivity contribution in [3.8, 4) is 0 Å². The molecule has 0 aliphatic carbocycles. The van der Waals surface area contributed by atoms with Crippen LogP contribution >= 0.6 is 0 Å². The van der Waals surface area contributed by atoms with E-state index in [1.54, 1.807) is 0 Å². The van der Waals surface area contributed by atoms with Crippen LogP contribution in [0.2, 0.25) is 0 Å². The molecule has 2 aromatic carbocycles. The topological polar surface area (TPSA) is 58.4 Å². The number of carbonyl (C=O) groups is 1. The quantitative estimate of drug-likeness (QED) is 0.863. The van der Waals surface area contributed by atoms with E-state index in [9.17, 15) is 13.6 Å². The lowest BCUT2D eigenvalue weighted by molar-refractivity contribution is -0.120. The van der Waals surface area contributed by atoms with E-state index in [4.69, 9.17) is 5.73 Å². The Morgan fingerprint density at radius 1 is 1.19 bits per heavy atom. The van der Waals surface area contributed by atoms with Crippen molar-refractivity contribution in [1.82, 2.24) is 4.90 Å². The average Bonchev–Trinajstić information content (AvgIpc) is 3.09. The van der Waals surface area contributed by atoms with Gasteiger partial charge in [-0.25, -0.2) is 8.78 Å². The molecule has 0 saturated carbocycles. The normalized spacial score (nSPS) is 21.5. The number of nitrogens with one attached hydrogen (secondary N) is 1. The highest BCUT2D eigenvalue weighted by molar-refractivity contribution is 5.94. The number of likely N-dealkylation sites (tertiary alicyclic amines) is 1. The van der Waals surface area contributed by atoms with Crippen molar-refractivity contribution in [1.29, 1.82) is 0 Å². The molecule has 0 bridgehead atoms. The summed E-state index contributed by atoms with van der Waals surface area (Å²) in [5, 5.41) is 2.66. The van der Waals surface area contributed by atoms with Gasteiger partial charge in [-0.15, -0.1) is 0 Å². The maximum absolute atomic E-state index is 13.3. The van der Waals surface area contributed by atoms with E-state index in [1.165, 1.54) is 11.6 Å². The summed E-state index contributed by atoms with van der Waals surface area (Å²) in [5.74, 6) is -1.62. The van der Waals surface area contributed by atoms with E-state index >= 15 is 0 Å². The van der Waals surface area contributed by atoms with Gasteiger partial charge in [-0.2, -0.15) is 0 Å². The second-order valence-corrected chi connectivity index (χ2v) is 6.76. The molecule has 0 radical (unpaired) electrons. The highest BCUT2D eigenvalue weighted by Gasteiger charge is 2.36. The molecule has 1 aliphatic heterocycles. The average molecular weight is 359 g/mol. The number of anilines is 1. The van der Waals surface area contributed by atoms with Gasteiger partial charge < -0.3 is 11.1 Å². The number of amides is 1. The Balaban J connectivity index is 1.68. The lowest BCUT2D eigenvalue weighted by Crippen LogP contribution is -2.41. The van der Waals surface area contributed by atoms with Crippen LogP contribution < -0.4 is 11.1 Å². The van der Waals surface area contributed by atoms with Gasteiger partial charge in [0.25, 0.3) is 0 Å². The van der Waals surface area contributed by atoms with Crippen molar-refractivity contribution in [2.45, 2.75) is 18.9 Å². The molecular weight excluding hydrogens is 336 g/mol. The Hall–Kier alpha value is -2.31. The molecule has 3 atom stereocenters. The molecule has 3 N–H and O–H groups in total. The zero-order valence-corrected chi connectivity index (χ0v) is 14.7. The van der Waals surface area contributed by atoms with Crippen molar-refractivity contribution in [3.05, 3.63) is 65.7 Å². The standard InChI is InChI=1S/C20H23F2N3O/c1-13(20(26)24-16-7-8-18(21)19(22)9-16)25-11-15(10-23)17(12-25)14-5-3-2-4-6-14/h2-9,13,15,17H,10-12,23H2,1H3,(H,24,26)/t13?,15-,17+/m1/s1. The largest absolute Gasteiger partial charge is 0.330 e. The Morgan fingerprint density at radius 3 is 2.58 bits per heavy atom. The van der Waals surface area contributed by atoms with Gasteiger partial charge >= 0.3 is 0 Å². The van der Waals surface area contributed by atoms with E-state index in [1.807, 2.05) is 25.1 Å². The van der Waals surface area contributed by atoms with Crippen LogP contribution in [0.1, 0.15) is 18.4 Å². The fraction of sp³-hybridized carbons (Fsp3) is 0.350. The van der Waals surface area contributed by atoms with Crippen LogP contribution in [-0.2, 0) is 4.79 Å². The maximum atomic E-state index is 13.3. The van der Waals surface area contributed by atoms with Crippen molar-refractivity contribution < 1.29 is 13.6 Å². The van der Waals surface area contributed by atoms with Crippen molar-refractivity contribution >= 4 is 11.6 Å². The van der Waals surface area contributed by atoms with Crippen LogP contribution in [0.3, 0.4) is 0 Å². The Kier molecular flexibility index (Phi) is 5.64. The monoisotopic (exact) mass is 359 g/mol. The van der Waals surface area contributed by atoms with E-state index < -0.39 is 17.7 Å². The number of hydrogen-bond acceptors (Lipinski definition) is 3. The van der Waals surface area contributed by atoms with Gasteiger partial charge in [-0.1, -0.05) is 30.3 Å². The molecule has 4 nitrogen and oxygen atoms in total. The summed E-state index contributed by atoms with van der Waals surface area (Å²) in [6.45, 7) is 3.82. The molecule has 3 rings (SSSR count). The second-order valence-electron chi connectivity index (χ2n) is 6.76. The highest BCUT2D eigenvalue weighted by Crippen LogP contribution is 2.33. The van der Waals surface area contributed by atoms with E-state index in [-0.39, 0.29) is 23.4 Å². The smallest absolute Gasteiger partial charge is 0.241 e. The Labute approximate surface area is 152 Å². The lowest BCUT2D eigenvalue weighted by Gasteiger charge is -2.23. The third-order valence-corrected chi connectivity index (χ3v) is 5.11. The minimum Gasteiger partial charge on any atom is -0.330 e. The van der Waals surface area contributed by atoms with Crippen LogP contribution in [0.4, 0.5) is 14.5 Å². The predicted octanol–water partition coefficient (Wildman–Crippen LogP) is 2.97. The fourth-order valence-electron chi connectivity index (χ4n) is 3.52. The van der Waals surface area contributed by atoms with E-state index in [2.05, 4.69) is 22.3 Å².